The standard InChI is InChI=1S/C26H29NO7/c1-16(2)33-20-12-8-19(9-13-20)24(29)22-23(18-6-10-21(11-7-18)34-17(3)28)27(14-5-15-32-4)26(31)25(22)30/h6-13,16,23,29H,5,14-15H2,1-4H3/b24-22+. The molecule has 0 aromatic heterocycles. The van der Waals surface area contributed by atoms with Crippen molar-refractivity contribution in [2.45, 2.75) is 39.3 Å². The molecule has 0 aliphatic carbocycles. The SMILES string of the molecule is COCCCN1C(=O)C(=O)/C(=C(/O)c2ccc(OC(C)C)cc2)C1c1ccc(OC(C)=O)cc1. The Hall–Kier alpha value is -3.65. The number of carbonyl (C=O) groups is 3. The van der Waals surface area contributed by atoms with E-state index in [9.17, 15) is 19.5 Å². The van der Waals surface area contributed by atoms with Gasteiger partial charge in [-0.1, -0.05) is 12.1 Å². The van der Waals surface area contributed by atoms with E-state index in [0.29, 0.717) is 35.7 Å². The molecule has 1 aliphatic rings. The normalized spacial score (nSPS) is 17.3. The maximum absolute atomic E-state index is 13.0. The number of rotatable bonds is 9. The second-order valence-corrected chi connectivity index (χ2v) is 8.19. The molecule has 0 bridgehead atoms. The molecule has 8 nitrogen and oxygen atoms in total. The third-order valence-electron chi connectivity index (χ3n) is 5.24. The summed E-state index contributed by atoms with van der Waals surface area (Å²) in [5.41, 5.74) is 1.00. The quantitative estimate of drug-likeness (QED) is 0.149. The van der Waals surface area contributed by atoms with Gasteiger partial charge in [-0.25, -0.2) is 0 Å². The number of aliphatic hydroxyl groups is 1. The number of hydrogen-bond donors (Lipinski definition) is 1. The molecule has 34 heavy (non-hydrogen) atoms. The van der Waals surface area contributed by atoms with Gasteiger partial charge in [0, 0.05) is 32.7 Å². The highest BCUT2D eigenvalue weighted by Crippen LogP contribution is 2.40. The van der Waals surface area contributed by atoms with Crippen molar-refractivity contribution in [1.29, 1.82) is 0 Å². The van der Waals surface area contributed by atoms with E-state index in [4.69, 9.17) is 14.2 Å². The molecule has 180 valence electrons. The van der Waals surface area contributed by atoms with Crippen molar-refractivity contribution < 1.29 is 33.7 Å². The van der Waals surface area contributed by atoms with Crippen LogP contribution in [0, 0.1) is 0 Å². The maximum atomic E-state index is 13.0. The molecule has 2 aromatic rings. The minimum Gasteiger partial charge on any atom is -0.507 e. The van der Waals surface area contributed by atoms with Crippen molar-refractivity contribution in [3.63, 3.8) is 0 Å². The lowest BCUT2D eigenvalue weighted by molar-refractivity contribution is -0.140. The van der Waals surface area contributed by atoms with Crippen LogP contribution in [0.1, 0.15) is 44.4 Å². The van der Waals surface area contributed by atoms with Gasteiger partial charge in [0.05, 0.1) is 17.7 Å². The number of likely N-dealkylation sites (tertiary alicyclic amines) is 1. The van der Waals surface area contributed by atoms with Crippen molar-refractivity contribution in [2.75, 3.05) is 20.3 Å². The van der Waals surface area contributed by atoms with Gasteiger partial charge in [-0.15, -0.1) is 0 Å². The number of amides is 1. The summed E-state index contributed by atoms with van der Waals surface area (Å²) in [4.78, 5) is 38.6. The predicted molar refractivity (Wildman–Crippen MR) is 125 cm³/mol. The van der Waals surface area contributed by atoms with E-state index < -0.39 is 23.7 Å². The van der Waals surface area contributed by atoms with Crippen molar-refractivity contribution in [3.05, 3.63) is 65.2 Å². The van der Waals surface area contributed by atoms with Gasteiger partial charge in [0.25, 0.3) is 11.7 Å². The number of esters is 1. The van der Waals surface area contributed by atoms with Crippen LogP contribution in [0.3, 0.4) is 0 Å². The molecule has 1 amide bonds. The van der Waals surface area contributed by atoms with Gasteiger partial charge in [-0.3, -0.25) is 14.4 Å². The molecule has 1 unspecified atom stereocenters. The Morgan fingerprint density at radius 2 is 1.65 bits per heavy atom. The van der Waals surface area contributed by atoms with Crippen LogP contribution in [-0.4, -0.2) is 54.0 Å². The number of benzene rings is 2. The Kier molecular flexibility index (Phi) is 8.07. The first kappa shape index (κ1) is 25.0. The first-order valence-corrected chi connectivity index (χ1v) is 11.1. The molecule has 1 atom stereocenters. The molecule has 1 saturated heterocycles. The third kappa shape index (κ3) is 5.63. The van der Waals surface area contributed by atoms with E-state index in [1.165, 1.54) is 11.8 Å². The van der Waals surface area contributed by atoms with Crippen LogP contribution in [0.15, 0.2) is 54.1 Å². The van der Waals surface area contributed by atoms with Gasteiger partial charge in [-0.05, 0) is 62.2 Å². The second kappa shape index (κ2) is 11.0. The fourth-order valence-electron chi connectivity index (χ4n) is 3.84. The van der Waals surface area contributed by atoms with E-state index in [-0.39, 0.29) is 24.0 Å². The molecule has 8 heteroatoms. The molecule has 1 fully saturated rings. The highest BCUT2D eigenvalue weighted by atomic mass is 16.5. The fourth-order valence-corrected chi connectivity index (χ4v) is 3.84. The summed E-state index contributed by atoms with van der Waals surface area (Å²) in [7, 11) is 1.56. The lowest BCUT2D eigenvalue weighted by Gasteiger charge is -2.25. The topological polar surface area (TPSA) is 102 Å². The number of hydrogen-bond acceptors (Lipinski definition) is 7. The zero-order valence-electron chi connectivity index (χ0n) is 19.7. The van der Waals surface area contributed by atoms with Gasteiger partial charge in [0.15, 0.2) is 0 Å². The molecule has 3 rings (SSSR count). The third-order valence-corrected chi connectivity index (χ3v) is 5.24. The monoisotopic (exact) mass is 467 g/mol. The van der Waals surface area contributed by atoms with Crippen molar-refractivity contribution in [3.8, 4) is 11.5 Å². The van der Waals surface area contributed by atoms with Gasteiger partial charge in [0.1, 0.15) is 17.3 Å². The smallest absolute Gasteiger partial charge is 0.308 e. The molecule has 2 aromatic carbocycles. The number of nitrogens with zero attached hydrogens (tertiary/aromatic N) is 1. The van der Waals surface area contributed by atoms with E-state index in [1.54, 1.807) is 55.6 Å². The summed E-state index contributed by atoms with van der Waals surface area (Å²) in [5.74, 6) is -1.20. The highest BCUT2D eigenvalue weighted by molar-refractivity contribution is 6.46. The Bertz CT molecular complexity index is 1070. The lowest BCUT2D eigenvalue weighted by atomic mass is 9.95. The number of ketones is 1. The van der Waals surface area contributed by atoms with E-state index >= 15 is 0 Å². The number of methoxy groups -OCH3 is 1. The van der Waals surface area contributed by atoms with E-state index in [0.717, 1.165) is 0 Å². The van der Waals surface area contributed by atoms with Crippen molar-refractivity contribution in [2.24, 2.45) is 0 Å². The van der Waals surface area contributed by atoms with Crippen LogP contribution < -0.4 is 9.47 Å². The molecular formula is C26H29NO7. The molecule has 1 heterocycles. The first-order chi connectivity index (χ1) is 16.2. The second-order valence-electron chi connectivity index (χ2n) is 8.19. The van der Waals surface area contributed by atoms with Gasteiger partial charge >= 0.3 is 5.97 Å². The van der Waals surface area contributed by atoms with Crippen molar-refractivity contribution >= 4 is 23.4 Å². The minimum atomic E-state index is -0.796. The average molecular weight is 468 g/mol. The Morgan fingerprint density at radius 1 is 1.03 bits per heavy atom. The molecule has 1 aliphatic heterocycles. The van der Waals surface area contributed by atoms with Gasteiger partial charge in [-0.2, -0.15) is 0 Å². The molecule has 0 radical (unpaired) electrons. The zero-order chi connectivity index (χ0) is 24.8. The number of ether oxygens (including phenoxy) is 3. The fraction of sp³-hybridized carbons (Fsp3) is 0.346. The van der Waals surface area contributed by atoms with Crippen LogP contribution in [0.4, 0.5) is 0 Å². The molecule has 0 spiro atoms. The number of Topliss-reactive ketones (excluding diaryl/α,β-unsaturated/α-hetero) is 1. The zero-order valence-corrected chi connectivity index (χ0v) is 19.7. The van der Waals surface area contributed by atoms with Crippen LogP contribution in [0.5, 0.6) is 11.5 Å². The largest absolute Gasteiger partial charge is 0.507 e. The summed E-state index contributed by atoms with van der Waals surface area (Å²) < 4.78 is 15.8. The summed E-state index contributed by atoms with van der Waals surface area (Å²) in [6.45, 7) is 5.80. The maximum Gasteiger partial charge on any atom is 0.308 e. The van der Waals surface area contributed by atoms with Crippen LogP contribution in [0.2, 0.25) is 0 Å². The van der Waals surface area contributed by atoms with Crippen LogP contribution >= 0.6 is 0 Å². The van der Waals surface area contributed by atoms with Crippen LogP contribution in [-0.2, 0) is 19.1 Å². The Balaban J connectivity index is 2.04. The highest BCUT2D eigenvalue weighted by Gasteiger charge is 2.45. The molecule has 1 N–H and O–H groups in total. The Labute approximate surface area is 198 Å². The predicted octanol–water partition coefficient (Wildman–Crippen LogP) is 3.86. The summed E-state index contributed by atoms with van der Waals surface area (Å²) in [6.07, 6.45) is 0.513. The average Bonchev–Trinajstić information content (AvgIpc) is 3.04. The minimum absolute atomic E-state index is 0.000168. The first-order valence-electron chi connectivity index (χ1n) is 11.1. The van der Waals surface area contributed by atoms with Gasteiger partial charge < -0.3 is 24.2 Å². The van der Waals surface area contributed by atoms with E-state index in [1.807, 2.05) is 13.8 Å². The summed E-state index contributed by atoms with van der Waals surface area (Å²) in [6, 6.07) is 12.4. The summed E-state index contributed by atoms with van der Waals surface area (Å²) in [5, 5.41) is 11.1. The van der Waals surface area contributed by atoms with Crippen LogP contribution in [0.25, 0.3) is 5.76 Å². The molecular weight excluding hydrogens is 438 g/mol. The molecule has 0 saturated carbocycles. The van der Waals surface area contributed by atoms with Gasteiger partial charge in [0.2, 0.25) is 0 Å². The van der Waals surface area contributed by atoms with E-state index in [2.05, 4.69) is 0 Å². The number of aliphatic hydroxyl groups excluding tert-OH is 1. The lowest BCUT2D eigenvalue weighted by Crippen LogP contribution is -2.31. The van der Waals surface area contributed by atoms with Crippen molar-refractivity contribution in [1.82, 2.24) is 4.90 Å². The number of carbonyl (C=O) groups excluding carboxylic acids is 3. The summed E-state index contributed by atoms with van der Waals surface area (Å²) >= 11 is 0. The Morgan fingerprint density at radius 3 is 2.21 bits per heavy atom.